The van der Waals surface area contributed by atoms with Gasteiger partial charge in [-0.25, -0.2) is 0 Å². The molecule has 1 rings (SSSR count). The van der Waals surface area contributed by atoms with Crippen molar-refractivity contribution in [2.24, 2.45) is 17.3 Å². The number of allylic oxidation sites excluding steroid dienone is 1. The van der Waals surface area contributed by atoms with E-state index in [1.807, 2.05) is 0 Å². The van der Waals surface area contributed by atoms with Gasteiger partial charge in [-0.3, -0.25) is 9.59 Å². The summed E-state index contributed by atoms with van der Waals surface area (Å²) in [4.78, 5) is 36.0. The zero-order chi connectivity index (χ0) is 23.3. The van der Waals surface area contributed by atoms with Crippen molar-refractivity contribution in [3.05, 3.63) is 11.3 Å². The Labute approximate surface area is 174 Å². The van der Waals surface area contributed by atoms with Gasteiger partial charge in [0.25, 0.3) is 5.91 Å². The van der Waals surface area contributed by atoms with E-state index in [0.29, 0.717) is 12.5 Å². The van der Waals surface area contributed by atoms with Gasteiger partial charge in [0.2, 0.25) is 0 Å². The Morgan fingerprint density at radius 2 is 1.83 bits per heavy atom. The molecule has 0 radical (unpaired) electrons. The SMILES string of the molecule is CC1CC(C(=O)O)CCC1N/C(=C(\C=N)C(=O)N(CC=O)CC(C)(C)C)C(F)(F)F. The fourth-order valence-corrected chi connectivity index (χ4v) is 3.63. The lowest BCUT2D eigenvalue weighted by molar-refractivity contribution is -0.143. The molecule has 1 aliphatic carbocycles. The largest absolute Gasteiger partial charge is 0.481 e. The number of alkyl halides is 3. The standard InChI is InChI=1S/C20H30F3N3O4/c1-12-9-13(18(29)30)5-6-15(12)25-16(20(21,22)23)14(10-24)17(28)26(7-8-27)11-19(2,3)4/h8,10,12-13,15,24-25H,5-7,9,11H2,1-4H3,(H,29,30)/b16-14+,24-10?. The van der Waals surface area contributed by atoms with Crippen molar-refractivity contribution < 1.29 is 32.7 Å². The fourth-order valence-electron chi connectivity index (χ4n) is 3.63. The van der Waals surface area contributed by atoms with Crippen LogP contribution in [0.1, 0.15) is 47.0 Å². The molecular formula is C20H30F3N3O4. The minimum absolute atomic E-state index is 0.0349. The summed E-state index contributed by atoms with van der Waals surface area (Å²) >= 11 is 0. The van der Waals surface area contributed by atoms with Crippen molar-refractivity contribution in [1.29, 1.82) is 5.41 Å². The van der Waals surface area contributed by atoms with Crippen LogP contribution >= 0.6 is 0 Å². The van der Waals surface area contributed by atoms with Crippen molar-refractivity contribution in [3.8, 4) is 0 Å². The molecule has 3 unspecified atom stereocenters. The number of nitrogens with one attached hydrogen (secondary N) is 2. The van der Waals surface area contributed by atoms with Gasteiger partial charge in [-0.15, -0.1) is 0 Å². The number of carboxylic acids is 1. The third-order valence-corrected chi connectivity index (χ3v) is 5.02. The average Bonchev–Trinajstić information content (AvgIpc) is 2.60. The monoisotopic (exact) mass is 433 g/mol. The first-order valence-corrected chi connectivity index (χ1v) is 9.75. The number of carboxylic acid groups (broad SMARTS) is 1. The lowest BCUT2D eigenvalue weighted by Crippen LogP contribution is -2.46. The highest BCUT2D eigenvalue weighted by molar-refractivity contribution is 6.12. The highest BCUT2D eigenvalue weighted by Gasteiger charge is 2.42. The van der Waals surface area contributed by atoms with Crippen LogP contribution in [0.5, 0.6) is 0 Å². The van der Waals surface area contributed by atoms with Crippen LogP contribution in [-0.2, 0) is 14.4 Å². The molecule has 0 spiro atoms. The molecule has 0 aliphatic heterocycles. The Balaban J connectivity index is 3.27. The van der Waals surface area contributed by atoms with Crippen LogP contribution in [0.25, 0.3) is 0 Å². The molecule has 1 aliphatic rings. The molecule has 0 saturated heterocycles. The summed E-state index contributed by atoms with van der Waals surface area (Å²) in [7, 11) is 0. The average molecular weight is 433 g/mol. The third kappa shape index (κ3) is 7.14. The summed E-state index contributed by atoms with van der Waals surface area (Å²) in [5.41, 5.74) is -2.68. The highest BCUT2D eigenvalue weighted by atomic mass is 19.4. The van der Waals surface area contributed by atoms with Crippen molar-refractivity contribution in [2.75, 3.05) is 13.1 Å². The maximum absolute atomic E-state index is 13.8. The second kappa shape index (κ2) is 10.1. The van der Waals surface area contributed by atoms with E-state index in [-0.39, 0.29) is 31.7 Å². The maximum Gasteiger partial charge on any atom is 0.431 e. The van der Waals surface area contributed by atoms with Gasteiger partial charge in [0, 0.05) is 18.8 Å². The fraction of sp³-hybridized carbons (Fsp3) is 0.700. The molecule has 1 fully saturated rings. The number of nitrogens with zero attached hydrogens (tertiary/aromatic N) is 1. The van der Waals surface area contributed by atoms with Crippen molar-refractivity contribution in [3.63, 3.8) is 0 Å². The first-order valence-electron chi connectivity index (χ1n) is 9.75. The summed E-state index contributed by atoms with van der Waals surface area (Å²) in [5.74, 6) is -3.03. The van der Waals surface area contributed by atoms with Gasteiger partial charge < -0.3 is 25.5 Å². The molecule has 3 N–H and O–H groups in total. The maximum atomic E-state index is 13.8. The van der Waals surface area contributed by atoms with Crippen molar-refractivity contribution in [2.45, 2.75) is 59.2 Å². The van der Waals surface area contributed by atoms with Crippen LogP contribution in [-0.4, -0.2) is 59.7 Å². The molecule has 1 amide bonds. The van der Waals surface area contributed by atoms with E-state index in [1.165, 1.54) is 0 Å². The molecule has 0 heterocycles. The van der Waals surface area contributed by atoms with E-state index in [1.54, 1.807) is 27.7 Å². The molecule has 3 atom stereocenters. The summed E-state index contributed by atoms with van der Waals surface area (Å²) in [6.07, 6.45) is -3.52. The Bertz CT molecular complexity index is 698. The van der Waals surface area contributed by atoms with Gasteiger partial charge in [-0.1, -0.05) is 27.7 Å². The minimum atomic E-state index is -4.93. The number of rotatable bonds is 8. The zero-order valence-electron chi connectivity index (χ0n) is 17.7. The summed E-state index contributed by atoms with van der Waals surface area (Å²) in [5, 5.41) is 19.0. The van der Waals surface area contributed by atoms with E-state index in [4.69, 9.17) is 10.5 Å². The Hall–Kier alpha value is -2.39. The second-order valence-electron chi connectivity index (χ2n) is 8.92. The first-order chi connectivity index (χ1) is 13.7. The van der Waals surface area contributed by atoms with Gasteiger partial charge in [-0.2, -0.15) is 13.2 Å². The van der Waals surface area contributed by atoms with E-state index >= 15 is 0 Å². The van der Waals surface area contributed by atoms with E-state index < -0.39 is 53.2 Å². The number of amides is 1. The Morgan fingerprint density at radius 1 is 1.23 bits per heavy atom. The molecule has 7 nitrogen and oxygen atoms in total. The summed E-state index contributed by atoms with van der Waals surface area (Å²) in [6.45, 7) is 6.63. The molecule has 0 aromatic carbocycles. The Kier molecular flexibility index (Phi) is 8.62. The molecule has 1 saturated carbocycles. The molecular weight excluding hydrogens is 403 g/mol. The number of hydrogen-bond donors (Lipinski definition) is 3. The minimum Gasteiger partial charge on any atom is -0.481 e. The van der Waals surface area contributed by atoms with Crippen LogP contribution < -0.4 is 5.32 Å². The normalized spacial score (nSPS) is 23.2. The van der Waals surface area contributed by atoms with E-state index in [0.717, 1.165) is 4.90 Å². The molecule has 0 aromatic rings. The third-order valence-electron chi connectivity index (χ3n) is 5.02. The lowest BCUT2D eigenvalue weighted by Gasteiger charge is -2.35. The molecule has 170 valence electrons. The van der Waals surface area contributed by atoms with Crippen LogP contribution in [0.3, 0.4) is 0 Å². The van der Waals surface area contributed by atoms with Gasteiger partial charge in [0.05, 0.1) is 18.0 Å². The van der Waals surface area contributed by atoms with Crippen LogP contribution in [0, 0.1) is 22.7 Å². The van der Waals surface area contributed by atoms with Gasteiger partial charge in [-0.05, 0) is 30.6 Å². The summed E-state index contributed by atoms with van der Waals surface area (Å²) in [6, 6.07) is -0.692. The van der Waals surface area contributed by atoms with Crippen LogP contribution in [0.2, 0.25) is 0 Å². The van der Waals surface area contributed by atoms with E-state index in [9.17, 15) is 27.6 Å². The van der Waals surface area contributed by atoms with E-state index in [2.05, 4.69) is 5.32 Å². The number of hydrogen-bond acceptors (Lipinski definition) is 5. The number of halogens is 3. The topological polar surface area (TPSA) is 111 Å². The van der Waals surface area contributed by atoms with Gasteiger partial charge in [0.15, 0.2) is 0 Å². The predicted molar refractivity (Wildman–Crippen MR) is 105 cm³/mol. The molecule has 30 heavy (non-hydrogen) atoms. The molecule has 0 aromatic heterocycles. The predicted octanol–water partition coefficient (Wildman–Crippen LogP) is 3.00. The molecule has 0 bridgehead atoms. The molecule has 10 heteroatoms. The van der Waals surface area contributed by atoms with Gasteiger partial charge in [0.1, 0.15) is 12.0 Å². The lowest BCUT2D eigenvalue weighted by atomic mass is 9.79. The number of carbonyl (C=O) groups is 3. The quantitative estimate of drug-likeness (QED) is 0.310. The first kappa shape index (κ1) is 25.6. The number of aliphatic carboxylic acids is 1. The smallest absolute Gasteiger partial charge is 0.431 e. The zero-order valence-corrected chi connectivity index (χ0v) is 17.7. The number of aldehydes is 1. The number of carbonyl (C=O) groups excluding carboxylic acids is 2. The summed E-state index contributed by atoms with van der Waals surface area (Å²) < 4.78 is 41.5. The van der Waals surface area contributed by atoms with Gasteiger partial charge >= 0.3 is 12.1 Å². The van der Waals surface area contributed by atoms with Crippen LogP contribution in [0.15, 0.2) is 11.3 Å². The van der Waals surface area contributed by atoms with Crippen molar-refractivity contribution >= 4 is 24.4 Å². The highest BCUT2D eigenvalue weighted by Crippen LogP contribution is 2.33. The van der Waals surface area contributed by atoms with Crippen LogP contribution in [0.4, 0.5) is 13.2 Å². The Morgan fingerprint density at radius 3 is 2.23 bits per heavy atom. The second-order valence-corrected chi connectivity index (χ2v) is 8.92. The van der Waals surface area contributed by atoms with Crippen molar-refractivity contribution in [1.82, 2.24) is 10.2 Å².